The Balaban J connectivity index is 2.11. The molecule has 0 radical (unpaired) electrons. The highest BCUT2D eigenvalue weighted by molar-refractivity contribution is 6.03. The van der Waals surface area contributed by atoms with Crippen molar-refractivity contribution in [2.75, 3.05) is 7.11 Å². The van der Waals surface area contributed by atoms with Gasteiger partial charge >= 0.3 is 5.97 Å². The lowest BCUT2D eigenvalue weighted by atomic mass is 10.1. The molecule has 0 aliphatic carbocycles. The zero-order valence-corrected chi connectivity index (χ0v) is 8.58. The molecule has 1 atom stereocenters. The number of methoxy groups -OCH3 is 1. The van der Waals surface area contributed by atoms with Gasteiger partial charge in [-0.2, -0.15) is 0 Å². The Bertz CT molecular complexity index is 427. The maximum atomic E-state index is 10.6. The molecule has 1 unspecified atom stereocenters. The molecule has 6 heteroatoms. The minimum absolute atomic E-state index is 0.253. The van der Waals surface area contributed by atoms with Gasteiger partial charge in [0.15, 0.2) is 0 Å². The van der Waals surface area contributed by atoms with Gasteiger partial charge in [0.25, 0.3) is 0 Å². The maximum Gasteiger partial charge on any atom is 0.348 e. The molecule has 2 rings (SSSR count). The second-order valence-corrected chi connectivity index (χ2v) is 3.26. The van der Waals surface area contributed by atoms with Gasteiger partial charge in [0.1, 0.15) is 0 Å². The largest absolute Gasteiger partial charge is 0.481 e. The summed E-state index contributed by atoms with van der Waals surface area (Å²) in [5.74, 6) is -0.515. The Morgan fingerprint density at radius 1 is 1.62 bits per heavy atom. The van der Waals surface area contributed by atoms with Crippen molar-refractivity contribution in [3.63, 3.8) is 0 Å². The molecule has 0 saturated heterocycles. The second kappa shape index (κ2) is 4.18. The van der Waals surface area contributed by atoms with E-state index in [4.69, 9.17) is 14.7 Å². The summed E-state index contributed by atoms with van der Waals surface area (Å²) in [4.78, 5) is 19.4. The predicted molar refractivity (Wildman–Crippen MR) is 54.5 cm³/mol. The Hall–Kier alpha value is -2.11. The zero-order chi connectivity index (χ0) is 11.5. The van der Waals surface area contributed by atoms with Crippen LogP contribution in [0, 0.1) is 0 Å². The van der Waals surface area contributed by atoms with E-state index in [0.717, 1.165) is 5.56 Å². The van der Waals surface area contributed by atoms with Crippen LogP contribution >= 0.6 is 0 Å². The summed E-state index contributed by atoms with van der Waals surface area (Å²) in [5.41, 5.74) is 1.33. The van der Waals surface area contributed by atoms with Crippen LogP contribution in [0.5, 0.6) is 5.88 Å². The molecular formula is C10H10N2O4. The van der Waals surface area contributed by atoms with Crippen LogP contribution in [-0.4, -0.2) is 35.0 Å². The lowest BCUT2D eigenvalue weighted by Crippen LogP contribution is -2.19. The summed E-state index contributed by atoms with van der Waals surface area (Å²) in [6, 6.07) is 3.45. The highest BCUT2D eigenvalue weighted by Crippen LogP contribution is 2.17. The number of hydrogen-bond acceptors (Lipinski definition) is 5. The van der Waals surface area contributed by atoms with Crippen molar-refractivity contribution in [2.24, 2.45) is 5.16 Å². The number of pyridine rings is 1. The summed E-state index contributed by atoms with van der Waals surface area (Å²) < 4.78 is 4.91. The number of aliphatic carboxylic acids is 1. The molecule has 1 aliphatic heterocycles. The SMILES string of the molecule is COc1ccc(C2=NOC(C(=O)O)C2)cn1. The summed E-state index contributed by atoms with van der Waals surface area (Å²) in [6.07, 6.45) is 0.936. The number of oxime groups is 1. The average Bonchev–Trinajstić information content (AvgIpc) is 2.78. The first kappa shape index (κ1) is 10.4. The van der Waals surface area contributed by atoms with Gasteiger partial charge in [-0.15, -0.1) is 0 Å². The fourth-order valence-corrected chi connectivity index (χ4v) is 1.35. The van der Waals surface area contributed by atoms with Crippen LogP contribution in [0.1, 0.15) is 12.0 Å². The molecule has 16 heavy (non-hydrogen) atoms. The van der Waals surface area contributed by atoms with E-state index in [1.807, 2.05) is 0 Å². The van der Waals surface area contributed by atoms with Crippen molar-refractivity contribution in [3.8, 4) is 5.88 Å². The van der Waals surface area contributed by atoms with Crippen LogP contribution in [0.4, 0.5) is 0 Å². The third-order valence-electron chi connectivity index (χ3n) is 2.22. The molecule has 0 fully saturated rings. The third kappa shape index (κ3) is 1.95. The molecule has 0 saturated carbocycles. The van der Waals surface area contributed by atoms with E-state index in [0.29, 0.717) is 11.6 Å². The number of nitrogens with zero attached hydrogens (tertiary/aromatic N) is 2. The number of aromatic nitrogens is 1. The molecule has 0 bridgehead atoms. The van der Waals surface area contributed by atoms with E-state index in [9.17, 15) is 4.79 Å². The number of carbonyl (C=O) groups is 1. The van der Waals surface area contributed by atoms with E-state index in [1.165, 1.54) is 7.11 Å². The van der Waals surface area contributed by atoms with Gasteiger partial charge in [-0.3, -0.25) is 0 Å². The quantitative estimate of drug-likeness (QED) is 0.812. The second-order valence-electron chi connectivity index (χ2n) is 3.26. The van der Waals surface area contributed by atoms with Gasteiger partial charge in [0.05, 0.1) is 12.8 Å². The van der Waals surface area contributed by atoms with E-state index >= 15 is 0 Å². The molecule has 1 aromatic rings. The number of ether oxygens (including phenoxy) is 1. The molecule has 0 aromatic carbocycles. The minimum atomic E-state index is -1.01. The fourth-order valence-electron chi connectivity index (χ4n) is 1.35. The van der Waals surface area contributed by atoms with Gasteiger partial charge in [-0.1, -0.05) is 5.16 Å². The first-order valence-corrected chi connectivity index (χ1v) is 4.66. The highest BCUT2D eigenvalue weighted by Gasteiger charge is 2.28. The number of rotatable bonds is 3. The van der Waals surface area contributed by atoms with Crippen LogP contribution in [0.25, 0.3) is 0 Å². The van der Waals surface area contributed by atoms with Gasteiger partial charge < -0.3 is 14.7 Å². The third-order valence-corrected chi connectivity index (χ3v) is 2.22. The zero-order valence-electron chi connectivity index (χ0n) is 8.58. The lowest BCUT2D eigenvalue weighted by Gasteiger charge is -2.01. The fraction of sp³-hybridized carbons (Fsp3) is 0.300. The summed E-state index contributed by atoms with van der Waals surface area (Å²) in [5, 5.41) is 12.4. The predicted octanol–water partition coefficient (Wildman–Crippen LogP) is 0.668. The molecule has 2 heterocycles. The molecule has 6 nitrogen and oxygen atoms in total. The van der Waals surface area contributed by atoms with Crippen LogP contribution < -0.4 is 4.74 Å². The van der Waals surface area contributed by atoms with E-state index in [-0.39, 0.29) is 6.42 Å². The maximum absolute atomic E-state index is 10.6. The molecule has 1 N–H and O–H groups in total. The summed E-state index contributed by atoms with van der Waals surface area (Å²) in [6.45, 7) is 0. The average molecular weight is 222 g/mol. The molecule has 0 spiro atoms. The van der Waals surface area contributed by atoms with E-state index in [2.05, 4.69) is 10.1 Å². The Kier molecular flexibility index (Phi) is 2.72. The molecule has 84 valence electrons. The molecule has 0 amide bonds. The Morgan fingerprint density at radius 3 is 2.94 bits per heavy atom. The van der Waals surface area contributed by atoms with Crippen molar-refractivity contribution >= 4 is 11.7 Å². The van der Waals surface area contributed by atoms with Crippen LogP contribution in [0.2, 0.25) is 0 Å². The number of hydrogen-bond donors (Lipinski definition) is 1. The van der Waals surface area contributed by atoms with Gasteiger partial charge in [0.2, 0.25) is 12.0 Å². The summed E-state index contributed by atoms with van der Waals surface area (Å²) >= 11 is 0. The highest BCUT2D eigenvalue weighted by atomic mass is 16.7. The first-order valence-electron chi connectivity index (χ1n) is 4.66. The Morgan fingerprint density at radius 2 is 2.44 bits per heavy atom. The smallest absolute Gasteiger partial charge is 0.348 e. The van der Waals surface area contributed by atoms with Crippen molar-refractivity contribution in [2.45, 2.75) is 12.5 Å². The van der Waals surface area contributed by atoms with Crippen LogP contribution in [0.15, 0.2) is 23.5 Å². The first-order chi connectivity index (χ1) is 7.70. The monoisotopic (exact) mass is 222 g/mol. The standard InChI is InChI=1S/C10H10N2O4/c1-15-9-3-2-6(5-11-9)7-4-8(10(13)14)16-12-7/h2-3,5,8H,4H2,1H3,(H,13,14). The van der Waals surface area contributed by atoms with Gasteiger partial charge in [0, 0.05) is 24.2 Å². The number of carboxylic acid groups (broad SMARTS) is 1. The molecular weight excluding hydrogens is 212 g/mol. The Labute approximate surface area is 91.5 Å². The van der Waals surface area contributed by atoms with Crippen molar-refractivity contribution in [1.29, 1.82) is 0 Å². The van der Waals surface area contributed by atoms with Gasteiger partial charge in [-0.05, 0) is 6.07 Å². The topological polar surface area (TPSA) is 81.0 Å². The summed E-state index contributed by atoms with van der Waals surface area (Å²) in [7, 11) is 1.53. The van der Waals surface area contributed by atoms with Crippen LogP contribution in [-0.2, 0) is 9.63 Å². The van der Waals surface area contributed by atoms with Crippen molar-refractivity contribution < 1.29 is 19.5 Å². The van der Waals surface area contributed by atoms with Crippen molar-refractivity contribution in [3.05, 3.63) is 23.9 Å². The number of carboxylic acids is 1. The van der Waals surface area contributed by atoms with Crippen LogP contribution in [0.3, 0.4) is 0 Å². The van der Waals surface area contributed by atoms with Crippen molar-refractivity contribution in [1.82, 2.24) is 4.98 Å². The van der Waals surface area contributed by atoms with E-state index in [1.54, 1.807) is 18.3 Å². The molecule has 1 aromatic heterocycles. The normalized spacial score (nSPS) is 18.8. The minimum Gasteiger partial charge on any atom is -0.481 e. The van der Waals surface area contributed by atoms with E-state index < -0.39 is 12.1 Å². The molecule has 1 aliphatic rings. The lowest BCUT2D eigenvalue weighted by molar-refractivity contribution is -0.148. The van der Waals surface area contributed by atoms with Gasteiger partial charge in [-0.25, -0.2) is 9.78 Å².